The van der Waals surface area contributed by atoms with Crippen molar-refractivity contribution >= 4 is 11.6 Å². The quantitative estimate of drug-likeness (QED) is 0.835. The van der Waals surface area contributed by atoms with E-state index in [4.69, 9.17) is 5.73 Å². The van der Waals surface area contributed by atoms with Crippen LogP contribution < -0.4 is 11.1 Å². The molecule has 92 valence electrons. The van der Waals surface area contributed by atoms with E-state index in [0.717, 1.165) is 30.5 Å². The fourth-order valence-corrected chi connectivity index (χ4v) is 2.52. The van der Waals surface area contributed by atoms with Crippen molar-refractivity contribution < 1.29 is 4.79 Å². The smallest absolute Gasteiger partial charge is 0.227 e. The van der Waals surface area contributed by atoms with Crippen LogP contribution in [0, 0.1) is 18.8 Å². The van der Waals surface area contributed by atoms with Crippen molar-refractivity contribution in [2.45, 2.75) is 26.2 Å². The summed E-state index contributed by atoms with van der Waals surface area (Å²) in [7, 11) is 0. The molecule has 1 saturated carbocycles. The lowest BCUT2D eigenvalue weighted by Crippen LogP contribution is -2.29. The first-order valence-electron chi connectivity index (χ1n) is 6.13. The molecule has 1 heterocycles. The van der Waals surface area contributed by atoms with Crippen LogP contribution in [0.15, 0.2) is 18.5 Å². The number of anilines is 1. The zero-order chi connectivity index (χ0) is 12.3. The van der Waals surface area contributed by atoms with E-state index < -0.39 is 0 Å². The number of rotatable bonds is 3. The van der Waals surface area contributed by atoms with Gasteiger partial charge in [-0.2, -0.15) is 0 Å². The molecular weight excluding hydrogens is 214 g/mol. The number of hydrogen-bond donors (Lipinski definition) is 2. The summed E-state index contributed by atoms with van der Waals surface area (Å²) >= 11 is 0. The topological polar surface area (TPSA) is 68.0 Å². The molecule has 0 aliphatic heterocycles. The van der Waals surface area contributed by atoms with Crippen molar-refractivity contribution in [3.05, 3.63) is 24.0 Å². The summed E-state index contributed by atoms with van der Waals surface area (Å²) in [5.74, 6) is 0.499. The Balaban J connectivity index is 2.01. The first-order valence-corrected chi connectivity index (χ1v) is 6.13. The van der Waals surface area contributed by atoms with Gasteiger partial charge in [0, 0.05) is 12.1 Å². The van der Waals surface area contributed by atoms with Crippen LogP contribution >= 0.6 is 0 Å². The molecule has 0 unspecified atom stereocenters. The average molecular weight is 233 g/mol. The second-order valence-electron chi connectivity index (χ2n) is 4.77. The maximum absolute atomic E-state index is 12.1. The van der Waals surface area contributed by atoms with Crippen molar-refractivity contribution in [2.24, 2.45) is 17.6 Å². The monoisotopic (exact) mass is 233 g/mol. The number of nitrogens with one attached hydrogen (secondary N) is 1. The van der Waals surface area contributed by atoms with Gasteiger partial charge < -0.3 is 11.1 Å². The zero-order valence-corrected chi connectivity index (χ0v) is 10.1. The first-order chi connectivity index (χ1) is 8.20. The predicted octanol–water partition coefficient (Wildman–Crippen LogP) is 1.70. The molecule has 1 aliphatic rings. The largest absolute Gasteiger partial charge is 0.330 e. The Hall–Kier alpha value is -1.42. The zero-order valence-electron chi connectivity index (χ0n) is 10.1. The number of pyridine rings is 1. The molecule has 0 aromatic carbocycles. The van der Waals surface area contributed by atoms with Gasteiger partial charge >= 0.3 is 0 Å². The van der Waals surface area contributed by atoms with Crippen LogP contribution in [0.1, 0.15) is 24.8 Å². The summed E-state index contributed by atoms with van der Waals surface area (Å²) in [6.07, 6.45) is 6.57. The van der Waals surface area contributed by atoms with E-state index >= 15 is 0 Å². The molecule has 1 aromatic heterocycles. The fourth-order valence-electron chi connectivity index (χ4n) is 2.52. The maximum Gasteiger partial charge on any atom is 0.227 e. The maximum atomic E-state index is 12.1. The Morgan fingerprint density at radius 2 is 2.35 bits per heavy atom. The summed E-state index contributed by atoms with van der Waals surface area (Å²) in [5.41, 5.74) is 7.51. The molecule has 1 amide bonds. The third-order valence-electron chi connectivity index (χ3n) is 3.44. The van der Waals surface area contributed by atoms with Crippen molar-refractivity contribution in [1.29, 1.82) is 0 Å². The van der Waals surface area contributed by atoms with Gasteiger partial charge in [0.25, 0.3) is 0 Å². The Morgan fingerprint density at radius 3 is 3.06 bits per heavy atom. The van der Waals surface area contributed by atoms with Crippen molar-refractivity contribution in [3.63, 3.8) is 0 Å². The lowest BCUT2D eigenvalue weighted by Gasteiger charge is -2.17. The fraction of sp³-hybridized carbons (Fsp3) is 0.538. The highest BCUT2D eigenvalue weighted by Gasteiger charge is 2.31. The number of nitrogens with two attached hydrogens (primary N) is 1. The van der Waals surface area contributed by atoms with Crippen LogP contribution in [0.4, 0.5) is 5.69 Å². The highest BCUT2D eigenvalue weighted by atomic mass is 16.1. The van der Waals surface area contributed by atoms with Gasteiger partial charge in [-0.15, -0.1) is 0 Å². The van der Waals surface area contributed by atoms with Gasteiger partial charge in [0.2, 0.25) is 5.91 Å². The highest BCUT2D eigenvalue weighted by molar-refractivity contribution is 5.92. The third kappa shape index (κ3) is 2.82. The van der Waals surface area contributed by atoms with Gasteiger partial charge in [-0.25, -0.2) is 0 Å². The molecule has 1 fully saturated rings. The van der Waals surface area contributed by atoms with Crippen LogP contribution in [0.2, 0.25) is 0 Å². The van der Waals surface area contributed by atoms with Crippen molar-refractivity contribution in [1.82, 2.24) is 4.98 Å². The van der Waals surface area contributed by atoms with Crippen molar-refractivity contribution in [3.8, 4) is 0 Å². The average Bonchev–Trinajstić information content (AvgIpc) is 2.77. The molecule has 0 bridgehead atoms. The van der Waals surface area contributed by atoms with Gasteiger partial charge in [-0.3, -0.25) is 9.78 Å². The summed E-state index contributed by atoms with van der Waals surface area (Å²) in [5, 5.41) is 2.93. The molecule has 0 saturated heterocycles. The van der Waals surface area contributed by atoms with E-state index in [2.05, 4.69) is 10.3 Å². The van der Waals surface area contributed by atoms with E-state index in [1.165, 1.54) is 0 Å². The minimum Gasteiger partial charge on any atom is -0.330 e. The molecule has 4 nitrogen and oxygen atoms in total. The Labute approximate surface area is 102 Å². The van der Waals surface area contributed by atoms with E-state index in [1.54, 1.807) is 12.4 Å². The molecule has 1 aromatic rings. The molecule has 3 N–H and O–H groups in total. The summed E-state index contributed by atoms with van der Waals surface area (Å²) < 4.78 is 0. The van der Waals surface area contributed by atoms with Gasteiger partial charge in [0.15, 0.2) is 0 Å². The number of aromatic nitrogens is 1. The van der Waals surface area contributed by atoms with Crippen molar-refractivity contribution in [2.75, 3.05) is 11.9 Å². The Morgan fingerprint density at radius 1 is 1.53 bits per heavy atom. The number of nitrogens with zero attached hydrogens (tertiary/aromatic N) is 1. The SMILES string of the molecule is Cc1cncc(NC(=O)[C@@H]2CCC[C@@H]2CN)c1. The highest BCUT2D eigenvalue weighted by Crippen LogP contribution is 2.31. The Kier molecular flexibility index (Phi) is 3.74. The van der Waals surface area contributed by atoms with E-state index in [-0.39, 0.29) is 11.8 Å². The van der Waals surface area contributed by atoms with E-state index in [0.29, 0.717) is 12.5 Å². The minimum absolute atomic E-state index is 0.0699. The number of carbonyl (C=O) groups is 1. The Bertz CT molecular complexity index is 405. The predicted molar refractivity (Wildman–Crippen MR) is 67.5 cm³/mol. The van der Waals surface area contributed by atoms with Gasteiger partial charge in [-0.1, -0.05) is 6.42 Å². The second-order valence-corrected chi connectivity index (χ2v) is 4.77. The second kappa shape index (κ2) is 5.27. The van der Waals surface area contributed by atoms with Gasteiger partial charge in [0.05, 0.1) is 11.9 Å². The minimum atomic E-state index is 0.0699. The molecule has 0 radical (unpaired) electrons. The molecule has 0 spiro atoms. The number of aryl methyl sites for hydroxylation is 1. The van der Waals surface area contributed by atoms with E-state index in [9.17, 15) is 4.79 Å². The summed E-state index contributed by atoms with van der Waals surface area (Å²) in [6.45, 7) is 2.56. The van der Waals surface area contributed by atoms with Crippen LogP contribution in [-0.4, -0.2) is 17.4 Å². The number of amides is 1. The number of hydrogen-bond acceptors (Lipinski definition) is 3. The lowest BCUT2D eigenvalue weighted by molar-refractivity contribution is -0.120. The molecule has 2 rings (SSSR count). The standard InChI is InChI=1S/C13H19N3O/c1-9-5-11(8-15-7-9)16-13(17)12-4-2-3-10(12)6-14/h5,7-8,10,12H,2-4,6,14H2,1H3,(H,16,17)/t10-,12-/m1/s1. The van der Waals surface area contributed by atoms with Gasteiger partial charge in [0.1, 0.15) is 0 Å². The molecular formula is C13H19N3O. The number of carbonyl (C=O) groups excluding carboxylic acids is 1. The third-order valence-corrected chi connectivity index (χ3v) is 3.44. The van der Waals surface area contributed by atoms with E-state index in [1.807, 2.05) is 13.0 Å². The molecule has 2 atom stereocenters. The summed E-state index contributed by atoms with van der Waals surface area (Å²) in [6, 6.07) is 1.93. The van der Waals surface area contributed by atoms with Crippen LogP contribution in [0.25, 0.3) is 0 Å². The van der Waals surface area contributed by atoms with Crippen LogP contribution in [0.5, 0.6) is 0 Å². The first kappa shape index (κ1) is 12.0. The van der Waals surface area contributed by atoms with Gasteiger partial charge in [-0.05, 0) is 43.9 Å². The summed E-state index contributed by atoms with van der Waals surface area (Å²) in [4.78, 5) is 16.2. The molecule has 1 aliphatic carbocycles. The molecule has 17 heavy (non-hydrogen) atoms. The normalized spacial score (nSPS) is 23.6. The van der Waals surface area contributed by atoms with Crippen LogP contribution in [0.3, 0.4) is 0 Å². The van der Waals surface area contributed by atoms with Crippen LogP contribution in [-0.2, 0) is 4.79 Å². The molecule has 4 heteroatoms. The lowest BCUT2D eigenvalue weighted by atomic mass is 9.95.